The van der Waals surface area contributed by atoms with Crippen molar-refractivity contribution in [2.75, 3.05) is 121 Å². The summed E-state index contributed by atoms with van der Waals surface area (Å²) < 4.78 is 139. The van der Waals surface area contributed by atoms with Crippen LogP contribution >= 0.6 is 27.5 Å². The Morgan fingerprint density at radius 2 is 0.850 bits per heavy atom. The SMILES string of the molecule is Cc1ccc(N)cc1-c1cc(N2CCOCC2)c(=O)n(C)c1.Cc1ccc(NC(=O)c2ccc(CCl)c(C(F)(F)F)c2)cc1-c1cc(N2CCOCC2)c(=O)n(C)c1.Cc1ccc(NC(=O)c2ccc(CN)c(C(F)(F)F)c2)cc1-c1cc(N2CCOCC2)c(=O)n(C)c1.N.N.Nc1cccnc1NO.O=C(O)c1ccc(CBr)c(C(F)(F)F)c1. The molecule has 37 heteroatoms. The number of hydrogen-bond acceptors (Lipinski definition) is 20. The summed E-state index contributed by atoms with van der Waals surface area (Å²) in [6, 6.07) is 34.9. The molecule has 0 unspecified atom stereocenters. The number of nitrogens with two attached hydrogens (primary N) is 3. The van der Waals surface area contributed by atoms with E-state index in [4.69, 9.17) is 53.3 Å². The molecule has 3 aliphatic heterocycles. The number of carboxylic acid groups (broad SMARTS) is 1. The van der Waals surface area contributed by atoms with Gasteiger partial charge in [0.05, 0.1) is 67.6 Å². The highest BCUT2D eigenvalue weighted by Crippen LogP contribution is 2.38. The molecule has 642 valence electrons. The summed E-state index contributed by atoms with van der Waals surface area (Å²) in [5.41, 5.74) is 26.8. The van der Waals surface area contributed by atoms with Crippen LogP contribution in [0.3, 0.4) is 0 Å². The minimum absolute atomic E-state index is 0. The normalized spacial score (nSPS) is 13.3. The first-order valence-corrected chi connectivity index (χ1v) is 38.2. The molecule has 0 atom stereocenters. The van der Waals surface area contributed by atoms with E-state index >= 15 is 0 Å². The Morgan fingerprint density at radius 3 is 1.20 bits per heavy atom. The van der Waals surface area contributed by atoms with E-state index in [1.54, 1.807) is 74.5 Å². The minimum atomic E-state index is -4.63. The molecule has 3 saturated heterocycles. The molecule has 6 aromatic carbocycles. The Bertz CT molecular complexity index is 5260. The summed E-state index contributed by atoms with van der Waals surface area (Å²) >= 11 is 8.56. The molecule has 26 nitrogen and oxygen atoms in total. The number of nitrogens with one attached hydrogen (secondary N) is 3. The molecule has 3 aliphatic rings. The summed E-state index contributed by atoms with van der Waals surface area (Å²) in [5, 5.41) is 22.3. The van der Waals surface area contributed by atoms with E-state index in [1.165, 1.54) is 39.6 Å². The maximum atomic E-state index is 13.4. The molecule has 0 saturated carbocycles. The molecule has 7 heterocycles. The van der Waals surface area contributed by atoms with Gasteiger partial charge in [-0.25, -0.2) is 9.78 Å². The van der Waals surface area contributed by atoms with Crippen LogP contribution in [0.1, 0.15) is 81.1 Å². The number of aromatic carboxylic acids is 1. The summed E-state index contributed by atoms with van der Waals surface area (Å²) in [7, 11) is 5.15. The van der Waals surface area contributed by atoms with Gasteiger partial charge < -0.3 is 87.9 Å². The zero-order valence-electron chi connectivity index (χ0n) is 66.2. The van der Waals surface area contributed by atoms with E-state index in [1.807, 2.05) is 90.8 Å². The number of aryl methyl sites for hydroxylation is 6. The number of halogens is 11. The van der Waals surface area contributed by atoms with Crippen LogP contribution < -0.4 is 77.0 Å². The van der Waals surface area contributed by atoms with Gasteiger partial charge in [-0.3, -0.25) is 34.7 Å². The molecule has 2 amide bonds. The predicted molar refractivity (Wildman–Crippen MR) is 450 cm³/mol. The highest BCUT2D eigenvalue weighted by molar-refractivity contribution is 9.08. The summed E-state index contributed by atoms with van der Waals surface area (Å²) in [6.07, 6.45) is -6.93. The van der Waals surface area contributed by atoms with Crippen LogP contribution in [0.4, 0.5) is 85.1 Å². The summed E-state index contributed by atoms with van der Waals surface area (Å²) in [4.78, 5) is 83.9. The van der Waals surface area contributed by atoms with Gasteiger partial charge in [-0.1, -0.05) is 52.3 Å². The standard InChI is InChI=1S/C26H25ClF3N3O3.C26H27F3N4O3.C17H21N3O2.C9H6BrF3O2.C5H7N3O.2H3N/c1-16-3-6-20(31-24(34)17-4-5-18(14-27)22(11-17)26(28,29)30)13-21(16)19-12-23(25(35)32(2)15-19)33-7-9-36-10-8-33;1-16-3-6-20(31-24(34)17-4-5-18(14-30)22(11-17)26(27,28)29)13-21(16)19-12-23(25(35)32(2)15-19)33-7-9-36-10-8-33;1-12-3-4-14(18)10-15(12)13-9-16(17(21)19(2)11-13)20-5-7-22-8-6-20;10-4-6-2-1-5(8(14)15)3-7(6)9(11,12)13;6-4-2-1-3-7-5(4)8-9;;/h3-6,11-13,15H,7-10,14H2,1-2H3,(H,31,34);3-6,11-13,15H,7-10,14,30H2,1-2H3,(H,31,34);3-4,9-11H,5-8,18H2,1-2H3;1-3H,4H2,(H,14,15);1-3,9H,6H2,(H,7,8);2*1H3. The van der Waals surface area contributed by atoms with E-state index in [2.05, 4.69) is 36.4 Å². The van der Waals surface area contributed by atoms with Crippen molar-refractivity contribution in [3.05, 3.63) is 262 Å². The van der Waals surface area contributed by atoms with Crippen molar-refractivity contribution >= 4 is 90.9 Å². The smallest absolute Gasteiger partial charge is 0.416 e. The number of hydrogen-bond donors (Lipinski definition) is 10. The fraction of sp³-hybridized carbons (Fsp3) is 0.289. The number of carbonyl (C=O) groups is 3. The van der Waals surface area contributed by atoms with Crippen molar-refractivity contribution in [2.45, 2.75) is 57.1 Å². The van der Waals surface area contributed by atoms with Crippen LogP contribution in [0, 0.1) is 20.8 Å². The Hall–Kier alpha value is -11.6. The third-order valence-electron chi connectivity index (χ3n) is 19.2. The summed E-state index contributed by atoms with van der Waals surface area (Å²) in [6.45, 7) is 13.0. The molecule has 13 rings (SSSR count). The number of nitrogens with zero attached hydrogens (tertiary/aromatic N) is 7. The first-order valence-electron chi connectivity index (χ1n) is 36.5. The van der Waals surface area contributed by atoms with Gasteiger partial charge in [0.25, 0.3) is 28.5 Å². The van der Waals surface area contributed by atoms with Gasteiger partial charge in [0.15, 0.2) is 5.82 Å². The molecule has 3 fully saturated rings. The minimum Gasteiger partial charge on any atom is -0.478 e. The second-order valence-corrected chi connectivity index (χ2v) is 28.2. The van der Waals surface area contributed by atoms with Crippen LogP contribution in [0.25, 0.3) is 33.4 Å². The average molecular weight is 1760 g/mol. The first kappa shape index (κ1) is 95.5. The van der Waals surface area contributed by atoms with Crippen LogP contribution in [-0.2, 0) is 71.6 Å². The number of benzene rings is 6. The lowest BCUT2D eigenvalue weighted by molar-refractivity contribution is -0.139. The maximum absolute atomic E-state index is 13.4. The van der Waals surface area contributed by atoms with Crippen molar-refractivity contribution in [2.24, 2.45) is 26.9 Å². The van der Waals surface area contributed by atoms with Gasteiger partial charge in [0.1, 0.15) is 17.1 Å². The van der Waals surface area contributed by atoms with Gasteiger partial charge >= 0.3 is 24.5 Å². The highest BCUT2D eigenvalue weighted by Gasteiger charge is 2.37. The Morgan fingerprint density at radius 1 is 0.500 bits per heavy atom. The number of pyridine rings is 4. The van der Waals surface area contributed by atoms with Crippen LogP contribution in [0.5, 0.6) is 0 Å². The Labute approximate surface area is 697 Å². The molecule has 0 radical (unpaired) electrons. The van der Waals surface area contributed by atoms with Crippen LogP contribution in [0.15, 0.2) is 179 Å². The molecular formula is C83H92BrClF9N15O11. The predicted octanol–water partition coefficient (Wildman–Crippen LogP) is 15.0. The molecule has 0 aliphatic carbocycles. The lowest BCUT2D eigenvalue weighted by atomic mass is 10.00. The molecule has 17 N–H and O–H groups in total. The van der Waals surface area contributed by atoms with Crippen molar-refractivity contribution in [3.8, 4) is 33.4 Å². The first-order chi connectivity index (χ1) is 55.9. The third-order valence-corrected chi connectivity index (χ3v) is 20.1. The van der Waals surface area contributed by atoms with Crippen molar-refractivity contribution in [1.29, 1.82) is 0 Å². The fourth-order valence-corrected chi connectivity index (χ4v) is 13.6. The van der Waals surface area contributed by atoms with Gasteiger partial charge in [0.2, 0.25) is 0 Å². The number of amides is 2. The van der Waals surface area contributed by atoms with Crippen molar-refractivity contribution < 1.29 is 78.4 Å². The Kier molecular flexibility index (Phi) is 33.7. The van der Waals surface area contributed by atoms with E-state index in [9.17, 15) is 68.3 Å². The zero-order valence-corrected chi connectivity index (χ0v) is 68.5. The number of anilines is 8. The number of alkyl halides is 11. The monoisotopic (exact) mass is 1760 g/mol. The number of rotatable bonds is 15. The quantitative estimate of drug-likeness (QED) is 0.0197. The number of ether oxygens (including phenoxy) is 3. The second kappa shape index (κ2) is 42.4. The third kappa shape index (κ3) is 24.6. The highest BCUT2D eigenvalue weighted by atomic mass is 79.9. The van der Waals surface area contributed by atoms with E-state index in [0.717, 1.165) is 98.8 Å². The topological polar surface area (TPSA) is 392 Å². The molecule has 4 aromatic heterocycles. The molecule has 0 spiro atoms. The lowest BCUT2D eigenvalue weighted by Gasteiger charge is -2.29. The van der Waals surface area contributed by atoms with E-state index < -0.39 is 53.0 Å². The number of morpholine rings is 3. The molecule has 10 aromatic rings. The number of carbonyl (C=O) groups excluding carboxylic acids is 2. The Balaban J connectivity index is 0.000000220. The maximum Gasteiger partial charge on any atom is 0.416 e. The number of nitrogen functional groups attached to an aromatic ring is 2. The van der Waals surface area contributed by atoms with Crippen LogP contribution in [0.2, 0.25) is 0 Å². The second-order valence-electron chi connectivity index (χ2n) is 27.4. The van der Waals surface area contributed by atoms with Gasteiger partial charge in [-0.05, 0) is 174 Å². The van der Waals surface area contributed by atoms with E-state index in [-0.39, 0.29) is 85.9 Å². The average Bonchev–Trinajstić information content (AvgIpc) is 0.788. The largest absolute Gasteiger partial charge is 0.478 e. The van der Waals surface area contributed by atoms with Gasteiger partial charge in [-0.2, -0.15) is 39.5 Å². The van der Waals surface area contributed by atoms with Crippen molar-refractivity contribution in [1.82, 2.24) is 31.0 Å². The van der Waals surface area contributed by atoms with Crippen LogP contribution in [-0.4, -0.2) is 126 Å². The number of carboxylic acids is 1. The van der Waals surface area contributed by atoms with E-state index in [0.29, 0.717) is 100 Å². The van der Waals surface area contributed by atoms with Crippen molar-refractivity contribution in [3.63, 3.8) is 0 Å². The number of aromatic nitrogens is 4. The lowest BCUT2D eigenvalue weighted by Crippen LogP contribution is -2.40. The van der Waals surface area contributed by atoms with Gasteiger partial charge in [-0.15, -0.1) is 11.6 Å². The van der Waals surface area contributed by atoms with Gasteiger partial charge in [0, 0.05) is 148 Å². The molecule has 0 bridgehead atoms. The zero-order chi connectivity index (χ0) is 86.1. The summed E-state index contributed by atoms with van der Waals surface area (Å²) in [5.74, 6) is -2.75. The molecule has 120 heavy (non-hydrogen) atoms. The molecular weight excluding hydrogens is 1670 g/mol. The fourth-order valence-electron chi connectivity index (χ4n) is 12.9.